The smallest absolute Gasteiger partial charge is 0.453 e. The molecule has 8 nitrogen and oxygen atoms in total. The third-order valence-electron chi connectivity index (χ3n) is 5.64. The van der Waals surface area contributed by atoms with Gasteiger partial charge in [0.05, 0.1) is 26.7 Å². The van der Waals surface area contributed by atoms with Gasteiger partial charge in [0, 0.05) is 12.1 Å². The molecule has 1 aromatic heterocycles. The Morgan fingerprint density at radius 3 is 2.05 bits per heavy atom. The summed E-state index contributed by atoms with van der Waals surface area (Å²) in [5.74, 6) is -2.46. The molecule has 0 aliphatic rings. The summed E-state index contributed by atoms with van der Waals surface area (Å²) in [5.41, 5.74) is -0.0944. The van der Waals surface area contributed by atoms with Crippen LogP contribution in [0.2, 0.25) is 0 Å². The van der Waals surface area contributed by atoms with Crippen LogP contribution in [0, 0.1) is 6.92 Å². The normalized spacial score (nSPS) is 11.5. The van der Waals surface area contributed by atoms with E-state index in [0.29, 0.717) is 22.8 Å². The molecule has 0 aliphatic carbocycles. The van der Waals surface area contributed by atoms with Gasteiger partial charge in [-0.05, 0) is 55.0 Å². The maximum atomic E-state index is 13.8. The van der Waals surface area contributed by atoms with Gasteiger partial charge < -0.3 is 28.1 Å². The van der Waals surface area contributed by atoms with Crippen molar-refractivity contribution < 1.29 is 46.1 Å². The van der Waals surface area contributed by atoms with Gasteiger partial charge >= 0.3 is 12.1 Å². The number of esters is 1. The molecule has 4 rings (SSSR count). The Morgan fingerprint density at radius 2 is 1.48 bits per heavy atom. The third-order valence-corrected chi connectivity index (χ3v) is 5.64. The molecular weight excluding hydrogens is 533 g/mol. The standard InChI is InChI=1S/C29H23F3O8/c1-16-5-8-18(9-6-16)39-27-25(34)20-11-10-19(15-21(20)40-28(27)29(30,31)32)38-24(33)12-7-17-13-22(35-2)26(37-4)23(14-17)36-3/h5-15H,1-4H3. The van der Waals surface area contributed by atoms with Crippen LogP contribution in [0.3, 0.4) is 0 Å². The van der Waals surface area contributed by atoms with Gasteiger partial charge in [0.1, 0.15) is 17.1 Å². The van der Waals surface area contributed by atoms with E-state index in [1.165, 1.54) is 51.7 Å². The van der Waals surface area contributed by atoms with Crippen LogP contribution in [-0.2, 0) is 11.0 Å². The van der Waals surface area contributed by atoms with E-state index in [9.17, 15) is 22.8 Å². The van der Waals surface area contributed by atoms with Crippen LogP contribution in [-0.4, -0.2) is 27.3 Å². The summed E-state index contributed by atoms with van der Waals surface area (Å²) in [6, 6.07) is 12.8. The second-order valence-electron chi connectivity index (χ2n) is 8.37. The zero-order chi connectivity index (χ0) is 29.0. The quantitative estimate of drug-likeness (QED) is 0.137. The van der Waals surface area contributed by atoms with Crippen LogP contribution in [0.15, 0.2) is 69.9 Å². The van der Waals surface area contributed by atoms with E-state index in [1.807, 2.05) is 0 Å². The Hall–Kier alpha value is -4.93. The maximum Gasteiger partial charge on any atom is 0.453 e. The van der Waals surface area contributed by atoms with Crippen molar-refractivity contribution in [2.45, 2.75) is 13.1 Å². The van der Waals surface area contributed by atoms with Crippen molar-refractivity contribution in [3.8, 4) is 34.5 Å². The lowest BCUT2D eigenvalue weighted by Crippen LogP contribution is -2.15. The molecule has 0 saturated carbocycles. The molecule has 0 amide bonds. The van der Waals surface area contributed by atoms with Gasteiger partial charge in [-0.2, -0.15) is 13.2 Å². The number of fused-ring (bicyclic) bond motifs is 1. The van der Waals surface area contributed by atoms with Crippen molar-refractivity contribution in [1.82, 2.24) is 0 Å². The molecule has 4 aromatic rings. The lowest BCUT2D eigenvalue weighted by Gasteiger charge is -2.13. The highest BCUT2D eigenvalue weighted by atomic mass is 19.4. The van der Waals surface area contributed by atoms with Crippen LogP contribution < -0.4 is 29.1 Å². The van der Waals surface area contributed by atoms with Crippen molar-refractivity contribution in [2.24, 2.45) is 0 Å². The van der Waals surface area contributed by atoms with Crippen molar-refractivity contribution >= 4 is 23.0 Å². The Bertz CT molecular complexity index is 1610. The molecular formula is C29H23F3O8. The first-order valence-electron chi connectivity index (χ1n) is 11.7. The van der Waals surface area contributed by atoms with Gasteiger partial charge in [-0.25, -0.2) is 4.79 Å². The van der Waals surface area contributed by atoms with Crippen LogP contribution in [0.4, 0.5) is 13.2 Å². The zero-order valence-corrected chi connectivity index (χ0v) is 21.8. The van der Waals surface area contributed by atoms with Gasteiger partial charge in [0.2, 0.25) is 16.9 Å². The fourth-order valence-electron chi connectivity index (χ4n) is 3.74. The highest BCUT2D eigenvalue weighted by Crippen LogP contribution is 2.40. The van der Waals surface area contributed by atoms with Gasteiger partial charge in [-0.15, -0.1) is 0 Å². The molecule has 0 N–H and O–H groups in total. The predicted molar refractivity (Wildman–Crippen MR) is 140 cm³/mol. The topological polar surface area (TPSA) is 93.4 Å². The molecule has 40 heavy (non-hydrogen) atoms. The minimum atomic E-state index is -5.04. The molecule has 11 heteroatoms. The van der Waals surface area contributed by atoms with Crippen molar-refractivity contribution in [3.63, 3.8) is 0 Å². The summed E-state index contributed by atoms with van der Waals surface area (Å²) in [7, 11) is 4.34. The first-order valence-corrected chi connectivity index (χ1v) is 11.7. The highest BCUT2D eigenvalue weighted by molar-refractivity contribution is 5.90. The number of methoxy groups -OCH3 is 3. The van der Waals surface area contributed by atoms with Crippen LogP contribution in [0.5, 0.6) is 34.5 Å². The Balaban J connectivity index is 1.63. The van der Waals surface area contributed by atoms with E-state index < -0.39 is 34.7 Å². The van der Waals surface area contributed by atoms with Crippen molar-refractivity contribution in [3.05, 3.63) is 87.8 Å². The highest BCUT2D eigenvalue weighted by Gasteiger charge is 2.40. The number of carbonyl (C=O) groups excluding carboxylic acids is 1. The Kier molecular flexibility index (Phi) is 8.03. The fraction of sp³-hybridized carbons (Fsp3) is 0.172. The molecule has 0 aliphatic heterocycles. The minimum Gasteiger partial charge on any atom is -0.493 e. The van der Waals surface area contributed by atoms with Crippen LogP contribution in [0.25, 0.3) is 17.0 Å². The maximum absolute atomic E-state index is 13.8. The van der Waals surface area contributed by atoms with E-state index in [2.05, 4.69) is 0 Å². The van der Waals surface area contributed by atoms with Crippen LogP contribution >= 0.6 is 0 Å². The summed E-state index contributed by atoms with van der Waals surface area (Å²) < 4.78 is 72.8. The number of hydrogen-bond donors (Lipinski definition) is 0. The predicted octanol–water partition coefficient (Wildman–Crippen LogP) is 6.56. The largest absolute Gasteiger partial charge is 0.493 e. The van der Waals surface area contributed by atoms with Crippen molar-refractivity contribution in [2.75, 3.05) is 21.3 Å². The van der Waals surface area contributed by atoms with Crippen molar-refractivity contribution in [1.29, 1.82) is 0 Å². The number of ether oxygens (including phenoxy) is 5. The molecule has 0 spiro atoms. The molecule has 0 bridgehead atoms. The molecule has 0 unspecified atom stereocenters. The number of carbonyl (C=O) groups is 1. The second-order valence-corrected chi connectivity index (χ2v) is 8.37. The van der Waals surface area contributed by atoms with E-state index in [1.54, 1.807) is 31.2 Å². The molecule has 208 valence electrons. The molecule has 1 heterocycles. The number of aryl methyl sites for hydroxylation is 1. The van der Waals surface area contributed by atoms with Gasteiger partial charge in [-0.1, -0.05) is 17.7 Å². The summed E-state index contributed by atoms with van der Waals surface area (Å²) in [4.78, 5) is 25.4. The number of benzene rings is 3. The SMILES string of the molecule is COc1cc(C=CC(=O)Oc2ccc3c(=O)c(Oc4ccc(C)cc4)c(C(F)(F)F)oc3c2)cc(OC)c1OC. The summed E-state index contributed by atoms with van der Waals surface area (Å²) in [5, 5.41) is -0.192. The average Bonchev–Trinajstić information content (AvgIpc) is 2.93. The monoisotopic (exact) mass is 556 g/mol. The number of halogens is 3. The summed E-state index contributed by atoms with van der Waals surface area (Å²) in [6.45, 7) is 1.79. The molecule has 3 aromatic carbocycles. The molecule has 0 radical (unpaired) electrons. The van der Waals surface area contributed by atoms with Crippen LogP contribution in [0.1, 0.15) is 16.9 Å². The van der Waals surface area contributed by atoms with Gasteiger partial charge in [0.25, 0.3) is 5.76 Å². The Labute approximate surface area is 226 Å². The second kappa shape index (κ2) is 11.4. The Morgan fingerprint density at radius 1 is 0.850 bits per heavy atom. The lowest BCUT2D eigenvalue weighted by atomic mass is 10.1. The average molecular weight is 556 g/mol. The number of hydrogen-bond acceptors (Lipinski definition) is 8. The minimum absolute atomic E-state index is 0.0344. The number of alkyl halides is 3. The van der Waals surface area contributed by atoms with E-state index in [4.69, 9.17) is 28.1 Å². The number of rotatable bonds is 8. The lowest BCUT2D eigenvalue weighted by molar-refractivity contribution is -0.154. The van der Waals surface area contributed by atoms with E-state index in [0.717, 1.165) is 17.7 Å². The van der Waals surface area contributed by atoms with E-state index >= 15 is 0 Å². The molecule has 0 saturated heterocycles. The fourth-order valence-corrected chi connectivity index (χ4v) is 3.74. The first-order chi connectivity index (χ1) is 19.0. The third kappa shape index (κ3) is 6.04. The molecule has 0 atom stereocenters. The van der Waals surface area contributed by atoms with Gasteiger partial charge in [-0.3, -0.25) is 4.79 Å². The summed E-state index contributed by atoms with van der Waals surface area (Å²) >= 11 is 0. The first kappa shape index (κ1) is 28.1. The zero-order valence-electron chi connectivity index (χ0n) is 21.8. The molecule has 0 fully saturated rings. The van der Waals surface area contributed by atoms with Gasteiger partial charge in [0.15, 0.2) is 11.5 Å². The van der Waals surface area contributed by atoms with E-state index in [-0.39, 0.29) is 16.9 Å². The summed E-state index contributed by atoms with van der Waals surface area (Å²) in [6.07, 6.45) is -2.52.